The number of rotatable bonds is 0. The van der Waals surface area contributed by atoms with Crippen molar-refractivity contribution in [1.82, 2.24) is 0 Å². The van der Waals surface area contributed by atoms with Gasteiger partial charge in [0.1, 0.15) is 0 Å². The average Bonchev–Trinajstić information content (AvgIpc) is 0.918. The Balaban J connectivity index is 0. The van der Waals surface area contributed by atoms with Crippen LogP contribution in [0.3, 0.4) is 0 Å². The topological polar surface area (TPSA) is 0 Å². The first kappa shape index (κ1) is 9.44. The third kappa shape index (κ3) is 8.93. The Labute approximate surface area is 50.7 Å². The molecular formula is H4P2Ru2. The molecule has 0 bridgehead atoms. The van der Waals surface area contributed by atoms with Crippen LogP contribution in [0.15, 0.2) is 0 Å². The van der Waals surface area contributed by atoms with E-state index in [4.69, 9.17) is 0 Å². The van der Waals surface area contributed by atoms with E-state index >= 15 is 0 Å². The summed E-state index contributed by atoms with van der Waals surface area (Å²) in [4.78, 5) is 0. The maximum atomic E-state index is 2.63. The molecule has 0 N–H and O–H groups in total. The average molecular weight is 268 g/mol. The van der Waals surface area contributed by atoms with Gasteiger partial charge in [0.15, 0.2) is 0 Å². The third-order valence-electron chi connectivity index (χ3n) is 0. The van der Waals surface area contributed by atoms with Crippen molar-refractivity contribution in [2.24, 2.45) is 0 Å². The maximum absolute atomic E-state index is 2.63. The van der Waals surface area contributed by atoms with E-state index in [1.165, 1.54) is 0 Å². The van der Waals surface area contributed by atoms with Crippen LogP contribution in [-0.4, -0.2) is 0 Å². The molecule has 0 aliphatic carbocycles. The van der Waals surface area contributed by atoms with Crippen molar-refractivity contribution < 1.29 is 35.6 Å². The molecule has 2 unspecified atom stereocenters. The Bertz CT molecular complexity index is 4.00. The van der Waals surface area contributed by atoms with E-state index < -0.39 is 0 Å². The van der Waals surface area contributed by atoms with Crippen molar-refractivity contribution in [3.8, 4) is 0 Å². The van der Waals surface area contributed by atoms with Crippen molar-refractivity contribution in [2.45, 2.75) is 0 Å². The van der Waals surface area contributed by atoms with Gasteiger partial charge in [-0.15, -0.1) is 0 Å². The van der Waals surface area contributed by atoms with Crippen LogP contribution in [0.5, 0.6) is 0 Å². The van der Waals surface area contributed by atoms with Gasteiger partial charge in [-0.1, -0.05) is 0 Å². The van der Waals surface area contributed by atoms with E-state index in [2.05, 4.69) is 15.1 Å². The normalized spacial score (nSPS) is 5.50. The molecule has 0 aromatic heterocycles. The zero-order chi connectivity index (χ0) is 2.71. The molecule has 30 valence electrons. The van der Waals surface area contributed by atoms with Crippen LogP contribution >= 0.6 is 15.1 Å². The molecule has 0 radical (unpaired) electrons. The molecule has 0 aromatic carbocycles. The van der Waals surface area contributed by atoms with Gasteiger partial charge in [-0.3, -0.25) is 0 Å². The van der Waals surface area contributed by atoms with Crippen LogP contribution in [0.4, 0.5) is 0 Å². The molecule has 0 amide bonds. The zero-order valence-electron chi connectivity index (χ0n) is 1.86. The van der Waals surface area contributed by atoms with Crippen LogP contribution in [0.25, 0.3) is 0 Å². The van der Waals surface area contributed by atoms with Gasteiger partial charge >= 0.3 is 31.3 Å². The fourth-order valence-corrected chi connectivity index (χ4v) is 0. The van der Waals surface area contributed by atoms with E-state index in [0.717, 1.165) is 0 Å². The minimum atomic E-state index is 0. The number of hydrogen-bond donors (Lipinski definition) is 0. The standard InChI is InChI=1S/2H2P.2Ru/h2*1H2;;/q2*-1;;+2. The van der Waals surface area contributed by atoms with E-state index in [1.54, 1.807) is 0 Å². The van der Waals surface area contributed by atoms with Crippen molar-refractivity contribution >= 4 is 15.1 Å². The molecule has 4 heavy (non-hydrogen) atoms. The maximum Gasteiger partial charge on any atom is 0 e. The van der Waals surface area contributed by atoms with Gasteiger partial charge in [0.2, 0.25) is 0 Å². The van der Waals surface area contributed by atoms with Crippen LogP contribution < -0.4 is 0 Å². The van der Waals surface area contributed by atoms with Crippen LogP contribution in [0, 0.1) is 0 Å². The van der Waals surface area contributed by atoms with Gasteiger partial charge in [0.25, 0.3) is 0 Å². The molecule has 0 aromatic rings. The first-order chi connectivity index (χ1) is 1.41. The van der Waals surface area contributed by atoms with Crippen molar-refractivity contribution in [1.29, 1.82) is 0 Å². The minimum absolute atomic E-state index is 0. The molecule has 0 aliphatic rings. The molecule has 0 saturated heterocycles. The smallest absolute Gasteiger partial charge is 0 e. The van der Waals surface area contributed by atoms with Gasteiger partial charge in [-0.05, 0) is 0 Å². The zero-order valence-corrected chi connectivity index (χ0v) is 7.65. The Kier molecular flexibility index (Phi) is 21.1. The SMILES string of the molecule is [PH2][Ru][PH2].[Ru]. The summed E-state index contributed by atoms with van der Waals surface area (Å²) in [5, 5.41) is 0. The molecule has 0 heterocycles. The molecule has 0 saturated carbocycles. The summed E-state index contributed by atoms with van der Waals surface area (Å²) in [5.74, 6) is 0. The summed E-state index contributed by atoms with van der Waals surface area (Å²) in [6, 6.07) is 0. The van der Waals surface area contributed by atoms with Crippen molar-refractivity contribution in [2.75, 3.05) is 0 Å². The van der Waals surface area contributed by atoms with Crippen molar-refractivity contribution in [3.05, 3.63) is 0 Å². The summed E-state index contributed by atoms with van der Waals surface area (Å²) >= 11 is 0.543. The Morgan fingerprint density at radius 3 is 1.25 bits per heavy atom. The molecule has 2 atom stereocenters. The van der Waals surface area contributed by atoms with Gasteiger partial charge in [0, 0.05) is 19.5 Å². The molecular weight excluding hydrogens is 264 g/mol. The molecule has 0 spiro atoms. The Hall–Kier alpha value is 2.11. The quantitative estimate of drug-likeness (QED) is 0.447. The van der Waals surface area contributed by atoms with Gasteiger partial charge in [-0.25, -0.2) is 0 Å². The first-order valence-corrected chi connectivity index (χ1v) is 7.25. The summed E-state index contributed by atoms with van der Waals surface area (Å²) in [6.07, 6.45) is 0. The second-order valence-electron chi connectivity index (χ2n) is 0.118. The van der Waals surface area contributed by atoms with E-state index in [-0.39, 0.29) is 19.5 Å². The van der Waals surface area contributed by atoms with E-state index in [1.807, 2.05) is 0 Å². The fourth-order valence-electron chi connectivity index (χ4n) is 0. The monoisotopic (exact) mass is 270 g/mol. The van der Waals surface area contributed by atoms with Crippen LogP contribution in [0.2, 0.25) is 0 Å². The molecule has 4 heteroatoms. The Morgan fingerprint density at radius 1 is 1.25 bits per heavy atom. The summed E-state index contributed by atoms with van der Waals surface area (Å²) in [5.41, 5.74) is 0. The third-order valence-corrected chi connectivity index (χ3v) is 0. The molecule has 0 rings (SSSR count). The van der Waals surface area contributed by atoms with Crippen LogP contribution in [0.1, 0.15) is 0 Å². The predicted octanol–water partition coefficient (Wildman–Crippen LogP) is 0.647. The van der Waals surface area contributed by atoms with Gasteiger partial charge in [0.05, 0.1) is 0 Å². The van der Waals surface area contributed by atoms with E-state index in [9.17, 15) is 0 Å². The van der Waals surface area contributed by atoms with Crippen molar-refractivity contribution in [3.63, 3.8) is 0 Å². The molecule has 0 fully saturated rings. The van der Waals surface area contributed by atoms with Crippen LogP contribution in [-0.2, 0) is 35.6 Å². The second kappa shape index (κ2) is 8.92. The second-order valence-corrected chi connectivity index (χ2v) is 6.27. The van der Waals surface area contributed by atoms with Gasteiger partial charge in [-0.2, -0.15) is 0 Å². The van der Waals surface area contributed by atoms with Gasteiger partial charge < -0.3 is 0 Å². The largest absolute Gasteiger partial charge is 0 e. The minimum Gasteiger partial charge on any atom is 0 e. The molecule has 0 aliphatic heterocycles. The summed E-state index contributed by atoms with van der Waals surface area (Å²) in [6.45, 7) is 0. The first-order valence-electron chi connectivity index (χ1n) is 0.408. The summed E-state index contributed by atoms with van der Waals surface area (Å²) in [7, 11) is 5.26. The number of hydrogen-bond acceptors (Lipinski definition) is 0. The fraction of sp³-hybridized carbons (Fsp3) is 0. The Morgan fingerprint density at radius 2 is 1.25 bits per heavy atom. The summed E-state index contributed by atoms with van der Waals surface area (Å²) < 4.78 is 0. The van der Waals surface area contributed by atoms with E-state index in [0.29, 0.717) is 16.2 Å². The predicted molar refractivity (Wildman–Crippen MR) is 19.4 cm³/mol. The molecule has 0 nitrogen and oxygen atoms in total.